The van der Waals surface area contributed by atoms with Gasteiger partial charge < -0.3 is 5.11 Å². The third kappa shape index (κ3) is 1.53. The van der Waals surface area contributed by atoms with Crippen molar-refractivity contribution >= 4 is 33.6 Å². The van der Waals surface area contributed by atoms with Crippen LogP contribution >= 0.6 is 23.5 Å². The molecule has 1 spiro atoms. The number of fused-ring (bicyclic) bond motifs is 2. The van der Waals surface area contributed by atoms with Crippen LogP contribution in [0.4, 0.5) is 5.69 Å². The molecule has 0 saturated carbocycles. The third-order valence-corrected chi connectivity index (χ3v) is 5.78. The molecule has 2 heterocycles. The van der Waals surface area contributed by atoms with Crippen molar-refractivity contribution in [2.24, 2.45) is 4.99 Å². The molecule has 0 amide bonds. The van der Waals surface area contributed by atoms with Crippen molar-refractivity contribution in [2.45, 2.75) is 11.0 Å². The van der Waals surface area contributed by atoms with Crippen molar-refractivity contribution in [3.63, 3.8) is 0 Å². The highest BCUT2D eigenvalue weighted by molar-refractivity contribution is 8.39. The van der Waals surface area contributed by atoms with Gasteiger partial charge in [0.25, 0.3) is 0 Å². The maximum absolute atomic E-state index is 10.6. The molecule has 0 aromatic heterocycles. The molecule has 2 aliphatic rings. The number of hydroxylamine groups is 1. The first kappa shape index (κ1) is 12.3. The number of aliphatic imine (C=N–C) groups is 1. The first-order valence-electron chi connectivity index (χ1n) is 5.61. The number of hydrogen-bond acceptors (Lipinski definition) is 6. The summed E-state index contributed by atoms with van der Waals surface area (Å²) in [5.74, 6) is 0. The maximum atomic E-state index is 10.6. The van der Waals surface area contributed by atoms with Gasteiger partial charge in [-0.2, -0.15) is 0 Å². The van der Waals surface area contributed by atoms with Crippen molar-refractivity contribution in [2.75, 3.05) is 25.0 Å². The first-order valence-corrected chi connectivity index (χ1v) is 7.65. The zero-order valence-electron chi connectivity index (χ0n) is 10.2. The second kappa shape index (κ2) is 4.45. The van der Waals surface area contributed by atoms with Gasteiger partial charge in [0.1, 0.15) is 9.12 Å². The monoisotopic (exact) mass is 282 g/mol. The van der Waals surface area contributed by atoms with Gasteiger partial charge in [0.05, 0.1) is 19.3 Å². The van der Waals surface area contributed by atoms with Gasteiger partial charge in [-0.1, -0.05) is 30.0 Å². The molecule has 1 aromatic rings. The average molecular weight is 282 g/mol. The van der Waals surface area contributed by atoms with Gasteiger partial charge in [-0.25, -0.2) is 5.06 Å². The summed E-state index contributed by atoms with van der Waals surface area (Å²) < 4.78 is 0.590. The summed E-state index contributed by atoms with van der Waals surface area (Å²) in [6.45, 7) is 0.589. The molecule has 3 rings (SSSR count). The Morgan fingerprint density at radius 2 is 2.33 bits per heavy atom. The van der Waals surface area contributed by atoms with Gasteiger partial charge in [0.2, 0.25) is 0 Å². The summed E-state index contributed by atoms with van der Waals surface area (Å²) >= 11 is 3.25. The number of anilines is 1. The molecular weight excluding hydrogens is 268 g/mol. The average Bonchev–Trinajstić information content (AvgIpc) is 2.94. The van der Waals surface area contributed by atoms with Crippen LogP contribution in [-0.4, -0.2) is 35.6 Å². The van der Waals surface area contributed by atoms with Crippen LogP contribution < -0.4 is 5.06 Å². The number of benzene rings is 1. The van der Waals surface area contributed by atoms with Crippen molar-refractivity contribution in [1.29, 1.82) is 0 Å². The van der Waals surface area contributed by atoms with E-state index in [1.807, 2.05) is 30.5 Å². The number of para-hydroxylation sites is 1. The molecule has 2 atom stereocenters. The largest absolute Gasteiger partial charge is 0.370 e. The second-order valence-electron chi connectivity index (χ2n) is 4.18. The minimum atomic E-state index is -0.710. The van der Waals surface area contributed by atoms with Gasteiger partial charge in [-0.05, 0) is 12.3 Å². The van der Waals surface area contributed by atoms with Gasteiger partial charge in [-0.3, -0.25) is 9.83 Å². The van der Waals surface area contributed by atoms with Gasteiger partial charge in [0, 0.05) is 5.56 Å². The Hall–Kier alpha value is -0.690. The predicted molar refractivity (Wildman–Crippen MR) is 77.0 cm³/mol. The van der Waals surface area contributed by atoms with Crippen LogP contribution in [0.15, 0.2) is 29.3 Å². The van der Waals surface area contributed by atoms with E-state index in [-0.39, 0.29) is 0 Å². The van der Waals surface area contributed by atoms with Crippen LogP contribution in [0.25, 0.3) is 0 Å². The molecule has 1 N–H and O–H groups in total. The Bertz CT molecular complexity index is 509. The van der Waals surface area contributed by atoms with E-state index in [0.717, 1.165) is 15.6 Å². The maximum Gasteiger partial charge on any atom is 0.172 e. The SMILES string of the molecule is CON1c2ccccc2[C@]2(CN=C(SC)S2)[C@@H]1O. The number of aliphatic hydroxyl groups is 1. The van der Waals surface area contributed by atoms with E-state index in [1.54, 1.807) is 35.7 Å². The van der Waals surface area contributed by atoms with Crippen LogP contribution in [0.3, 0.4) is 0 Å². The molecule has 0 bridgehead atoms. The Morgan fingerprint density at radius 3 is 3.00 bits per heavy atom. The highest BCUT2D eigenvalue weighted by Gasteiger charge is 2.54. The predicted octanol–water partition coefficient (Wildman–Crippen LogP) is 2.05. The molecule has 0 fully saturated rings. The van der Waals surface area contributed by atoms with E-state index in [0.29, 0.717) is 6.54 Å². The normalized spacial score (nSPS) is 29.8. The fraction of sp³-hybridized carbons (Fsp3) is 0.417. The minimum Gasteiger partial charge on any atom is -0.370 e. The van der Waals surface area contributed by atoms with Crippen molar-refractivity contribution < 1.29 is 9.94 Å². The quantitative estimate of drug-likeness (QED) is 0.854. The topological polar surface area (TPSA) is 45.1 Å². The molecule has 0 unspecified atom stereocenters. The first-order chi connectivity index (χ1) is 8.73. The Morgan fingerprint density at radius 1 is 1.56 bits per heavy atom. The molecule has 0 radical (unpaired) electrons. The number of aliphatic hydroxyl groups excluding tert-OH is 1. The lowest BCUT2D eigenvalue weighted by Gasteiger charge is -2.29. The standard InChI is InChI=1S/C12H14N2O2S2/c1-16-14-9-6-4-3-5-8(9)12(10(14)15)7-13-11(17-2)18-12/h3-6,10,15H,7H2,1-2H3/t10-,12+/m0/s1. The van der Waals surface area contributed by atoms with Crippen molar-refractivity contribution in [3.05, 3.63) is 29.8 Å². The summed E-state index contributed by atoms with van der Waals surface area (Å²) in [5.41, 5.74) is 2.02. The fourth-order valence-electron chi connectivity index (χ4n) is 2.47. The van der Waals surface area contributed by atoms with Crippen LogP contribution in [0.2, 0.25) is 0 Å². The van der Waals surface area contributed by atoms with E-state index in [2.05, 4.69) is 4.99 Å². The molecular formula is C12H14N2O2S2. The number of nitrogens with zero attached hydrogens (tertiary/aromatic N) is 2. The van der Waals surface area contributed by atoms with E-state index in [9.17, 15) is 5.11 Å². The lowest BCUT2D eigenvalue weighted by atomic mass is 9.99. The summed E-state index contributed by atoms with van der Waals surface area (Å²) in [6.07, 6.45) is 1.30. The van der Waals surface area contributed by atoms with Crippen LogP contribution in [0.5, 0.6) is 0 Å². The Kier molecular flexibility index (Phi) is 3.05. The van der Waals surface area contributed by atoms with Crippen LogP contribution in [0.1, 0.15) is 5.56 Å². The number of hydrogen-bond donors (Lipinski definition) is 1. The molecule has 2 aliphatic heterocycles. The molecule has 6 heteroatoms. The van der Waals surface area contributed by atoms with Crippen molar-refractivity contribution in [3.8, 4) is 0 Å². The van der Waals surface area contributed by atoms with Gasteiger partial charge in [0.15, 0.2) is 6.23 Å². The molecule has 0 saturated heterocycles. The van der Waals surface area contributed by atoms with Gasteiger partial charge in [-0.15, -0.1) is 11.8 Å². The fourth-order valence-corrected chi connectivity index (χ4v) is 4.49. The Balaban J connectivity index is 2.07. The lowest BCUT2D eigenvalue weighted by Crippen LogP contribution is -2.43. The van der Waals surface area contributed by atoms with Crippen LogP contribution in [-0.2, 0) is 9.58 Å². The number of thioether (sulfide) groups is 2. The highest BCUT2D eigenvalue weighted by Crippen LogP contribution is 2.55. The number of rotatable bonds is 1. The Labute approximate surface area is 114 Å². The smallest absolute Gasteiger partial charge is 0.172 e. The lowest BCUT2D eigenvalue weighted by molar-refractivity contribution is 0.0252. The van der Waals surface area contributed by atoms with Crippen LogP contribution in [0, 0.1) is 0 Å². The summed E-state index contributed by atoms with van der Waals surface area (Å²) in [6, 6.07) is 7.95. The third-order valence-electron chi connectivity index (χ3n) is 3.32. The summed E-state index contributed by atoms with van der Waals surface area (Å²) in [5, 5.41) is 12.1. The zero-order valence-corrected chi connectivity index (χ0v) is 11.8. The summed E-state index contributed by atoms with van der Waals surface area (Å²) in [7, 11) is 1.58. The zero-order chi connectivity index (χ0) is 12.8. The van der Waals surface area contributed by atoms with E-state index in [4.69, 9.17) is 4.84 Å². The molecule has 96 valence electrons. The van der Waals surface area contributed by atoms with E-state index < -0.39 is 11.0 Å². The van der Waals surface area contributed by atoms with E-state index >= 15 is 0 Å². The van der Waals surface area contributed by atoms with E-state index in [1.165, 1.54) is 0 Å². The highest BCUT2D eigenvalue weighted by atomic mass is 32.2. The molecule has 4 nitrogen and oxygen atoms in total. The second-order valence-corrected chi connectivity index (χ2v) is 6.55. The van der Waals surface area contributed by atoms with Crippen molar-refractivity contribution in [1.82, 2.24) is 0 Å². The molecule has 18 heavy (non-hydrogen) atoms. The summed E-state index contributed by atoms with van der Waals surface area (Å²) in [4.78, 5) is 9.83. The van der Waals surface area contributed by atoms with Gasteiger partial charge >= 0.3 is 0 Å². The molecule has 1 aromatic carbocycles. The molecule has 0 aliphatic carbocycles. The minimum absolute atomic E-state index is 0.426.